The second-order valence-electron chi connectivity index (χ2n) is 6.97. The molecule has 3 N–H and O–H groups in total. The zero-order valence-corrected chi connectivity index (χ0v) is 14.5. The van der Waals surface area contributed by atoms with E-state index in [0.29, 0.717) is 30.3 Å². The molecule has 4 nitrogen and oxygen atoms in total. The number of nitrogens with two attached hydrogens (primary N) is 1. The van der Waals surface area contributed by atoms with Gasteiger partial charge in [0.1, 0.15) is 0 Å². The fraction of sp³-hybridized carbons (Fsp3) is 0.350. The van der Waals surface area contributed by atoms with Crippen molar-refractivity contribution in [3.05, 3.63) is 65.7 Å². The number of carbonyl (C=O) groups is 1. The molecule has 1 saturated heterocycles. The largest absolute Gasteiger partial charge is 0.351 e. The molecule has 1 aliphatic heterocycles. The Morgan fingerprint density at radius 1 is 1.08 bits per heavy atom. The minimum atomic E-state index is -2.71. The monoisotopic (exact) mass is 359 g/mol. The molecule has 2 aromatic carbocycles. The number of hydrogen-bond acceptors (Lipinski definition) is 2. The third kappa shape index (κ3) is 5.26. The average Bonchev–Trinajstić information content (AvgIpc) is 2.54. The number of nitrogens with one attached hydrogen (secondary N) is 1. The molecule has 3 rings (SSSR count). The highest BCUT2D eigenvalue weighted by Gasteiger charge is 2.37. The van der Waals surface area contributed by atoms with Crippen molar-refractivity contribution in [1.29, 1.82) is 0 Å². The second-order valence-corrected chi connectivity index (χ2v) is 6.97. The van der Waals surface area contributed by atoms with E-state index in [1.807, 2.05) is 23.1 Å². The lowest BCUT2D eigenvalue weighted by atomic mass is 9.91. The van der Waals surface area contributed by atoms with Gasteiger partial charge in [-0.3, -0.25) is 4.90 Å². The van der Waals surface area contributed by atoms with E-state index in [9.17, 15) is 13.6 Å². The van der Waals surface area contributed by atoms with E-state index < -0.39 is 12.0 Å². The Kier molecular flexibility index (Phi) is 5.52. The van der Waals surface area contributed by atoms with Crippen molar-refractivity contribution in [3.8, 4) is 0 Å². The maximum atomic E-state index is 14.2. The number of urea groups is 1. The average molecular weight is 359 g/mol. The first kappa shape index (κ1) is 18.3. The molecule has 0 bridgehead atoms. The zero-order chi connectivity index (χ0) is 18.6. The molecular formula is C20H23F2N3O. The summed E-state index contributed by atoms with van der Waals surface area (Å²) in [7, 11) is 0. The fourth-order valence-corrected chi connectivity index (χ4v) is 3.41. The number of benzene rings is 2. The Bertz CT molecular complexity index is 728. The highest BCUT2D eigenvalue weighted by molar-refractivity contribution is 5.87. The molecule has 0 saturated carbocycles. The minimum Gasteiger partial charge on any atom is -0.351 e. The van der Waals surface area contributed by atoms with Gasteiger partial charge in [-0.2, -0.15) is 0 Å². The highest BCUT2D eigenvalue weighted by Crippen LogP contribution is 2.27. The highest BCUT2D eigenvalue weighted by atomic mass is 19.3. The first-order chi connectivity index (χ1) is 12.4. The Morgan fingerprint density at radius 3 is 2.35 bits per heavy atom. The van der Waals surface area contributed by atoms with Gasteiger partial charge in [-0.1, -0.05) is 42.5 Å². The fourth-order valence-electron chi connectivity index (χ4n) is 3.41. The van der Waals surface area contributed by atoms with E-state index in [-0.39, 0.29) is 13.0 Å². The van der Waals surface area contributed by atoms with Crippen LogP contribution >= 0.6 is 0 Å². The van der Waals surface area contributed by atoms with Crippen molar-refractivity contribution in [3.63, 3.8) is 0 Å². The smallest absolute Gasteiger partial charge is 0.316 e. The second kappa shape index (κ2) is 7.83. The molecule has 6 heteroatoms. The number of primary amides is 1. The van der Waals surface area contributed by atoms with Crippen LogP contribution in [0, 0.1) is 5.92 Å². The van der Waals surface area contributed by atoms with Crippen LogP contribution in [-0.4, -0.2) is 36.5 Å². The van der Waals surface area contributed by atoms with E-state index in [2.05, 4.69) is 5.32 Å². The van der Waals surface area contributed by atoms with E-state index in [0.717, 1.165) is 12.0 Å². The maximum Gasteiger partial charge on any atom is 0.316 e. The van der Waals surface area contributed by atoms with Gasteiger partial charge in [0, 0.05) is 25.2 Å². The number of carbonyl (C=O) groups excluding carboxylic acids is 1. The van der Waals surface area contributed by atoms with Crippen molar-refractivity contribution in [2.45, 2.75) is 18.8 Å². The number of amides is 2. The quantitative estimate of drug-likeness (QED) is 0.795. The van der Waals surface area contributed by atoms with Gasteiger partial charge < -0.3 is 11.1 Å². The van der Waals surface area contributed by atoms with Crippen LogP contribution in [0.5, 0.6) is 0 Å². The van der Waals surface area contributed by atoms with Crippen LogP contribution in [0.2, 0.25) is 0 Å². The van der Waals surface area contributed by atoms with Gasteiger partial charge in [-0.15, -0.1) is 0 Å². The van der Waals surface area contributed by atoms with E-state index in [4.69, 9.17) is 5.73 Å². The summed E-state index contributed by atoms with van der Waals surface area (Å²) < 4.78 is 28.4. The molecule has 0 spiro atoms. The van der Waals surface area contributed by atoms with Crippen LogP contribution in [0.15, 0.2) is 54.6 Å². The number of alkyl halides is 2. The molecule has 2 aromatic rings. The number of likely N-dealkylation sites (tertiary alicyclic amines) is 1. The van der Waals surface area contributed by atoms with Crippen LogP contribution in [0.4, 0.5) is 19.3 Å². The Balaban J connectivity index is 1.43. The molecule has 138 valence electrons. The molecule has 0 aliphatic carbocycles. The van der Waals surface area contributed by atoms with E-state index >= 15 is 0 Å². The summed E-state index contributed by atoms with van der Waals surface area (Å²) in [6.07, 6.45) is 0.626. The number of halogens is 2. The molecule has 0 unspecified atom stereocenters. The summed E-state index contributed by atoms with van der Waals surface area (Å²) in [4.78, 5) is 12.6. The Hall–Kier alpha value is -2.47. The third-order valence-corrected chi connectivity index (χ3v) is 4.54. The first-order valence-electron chi connectivity index (χ1n) is 8.69. The molecule has 26 heavy (non-hydrogen) atoms. The summed E-state index contributed by atoms with van der Waals surface area (Å²) in [5, 5.41) is 2.51. The van der Waals surface area contributed by atoms with Gasteiger partial charge in [0.25, 0.3) is 5.92 Å². The normalized spacial score (nSPS) is 15.5. The molecule has 2 amide bonds. The topological polar surface area (TPSA) is 58.4 Å². The van der Waals surface area contributed by atoms with Crippen LogP contribution in [-0.2, 0) is 12.8 Å². The molecule has 1 heterocycles. The minimum absolute atomic E-state index is 0.195. The van der Waals surface area contributed by atoms with Crippen LogP contribution in [0.3, 0.4) is 0 Å². The summed E-state index contributed by atoms with van der Waals surface area (Å²) in [5.41, 5.74) is 7.51. The van der Waals surface area contributed by atoms with Gasteiger partial charge in [0.2, 0.25) is 0 Å². The van der Waals surface area contributed by atoms with Crippen LogP contribution < -0.4 is 11.1 Å². The standard InChI is InChI=1S/C20H23F2N3O/c21-20(22,11-16-4-2-1-3-5-16)14-25-12-17(13-25)10-15-6-8-18(9-7-15)24-19(23)26/h1-9,17H,10-14H2,(H3,23,24,26). The van der Waals surface area contributed by atoms with Gasteiger partial charge in [-0.05, 0) is 35.6 Å². The number of anilines is 1. The predicted molar refractivity (Wildman–Crippen MR) is 98.4 cm³/mol. The number of nitrogens with zero attached hydrogens (tertiary/aromatic N) is 1. The lowest BCUT2D eigenvalue weighted by molar-refractivity contribution is -0.0593. The third-order valence-electron chi connectivity index (χ3n) is 4.54. The lowest BCUT2D eigenvalue weighted by Gasteiger charge is -2.41. The predicted octanol–water partition coefficient (Wildman–Crippen LogP) is 3.53. The number of rotatable bonds is 7. The zero-order valence-electron chi connectivity index (χ0n) is 14.5. The summed E-state index contributed by atoms with van der Waals surface area (Å²) in [5.74, 6) is -2.33. The summed E-state index contributed by atoms with van der Waals surface area (Å²) in [6.45, 7) is 1.18. The van der Waals surface area contributed by atoms with Gasteiger partial charge in [0.05, 0.1) is 6.54 Å². The SMILES string of the molecule is NC(=O)Nc1ccc(CC2CN(CC(F)(F)Cc3ccccc3)C2)cc1. The molecule has 0 radical (unpaired) electrons. The molecular weight excluding hydrogens is 336 g/mol. The van der Waals surface area contributed by atoms with Crippen molar-refractivity contribution < 1.29 is 13.6 Å². The summed E-state index contributed by atoms with van der Waals surface area (Å²) in [6, 6.07) is 15.7. The molecule has 0 aromatic heterocycles. The van der Waals surface area contributed by atoms with Gasteiger partial charge >= 0.3 is 6.03 Å². The Morgan fingerprint density at radius 2 is 1.73 bits per heavy atom. The number of hydrogen-bond donors (Lipinski definition) is 2. The maximum absolute atomic E-state index is 14.2. The van der Waals surface area contributed by atoms with E-state index in [1.165, 1.54) is 0 Å². The Labute approximate surface area is 152 Å². The van der Waals surface area contributed by atoms with Crippen LogP contribution in [0.25, 0.3) is 0 Å². The summed E-state index contributed by atoms with van der Waals surface area (Å²) >= 11 is 0. The molecule has 1 fully saturated rings. The van der Waals surface area contributed by atoms with Crippen molar-refractivity contribution in [2.75, 3.05) is 25.0 Å². The molecule has 1 aliphatic rings. The van der Waals surface area contributed by atoms with Crippen LogP contribution in [0.1, 0.15) is 11.1 Å². The van der Waals surface area contributed by atoms with Crippen molar-refractivity contribution >= 4 is 11.7 Å². The lowest BCUT2D eigenvalue weighted by Crippen LogP contribution is -2.52. The first-order valence-corrected chi connectivity index (χ1v) is 8.69. The van der Waals surface area contributed by atoms with E-state index in [1.54, 1.807) is 36.4 Å². The molecule has 0 atom stereocenters. The van der Waals surface area contributed by atoms with Crippen molar-refractivity contribution in [1.82, 2.24) is 4.90 Å². The van der Waals surface area contributed by atoms with Crippen molar-refractivity contribution in [2.24, 2.45) is 11.7 Å². The van der Waals surface area contributed by atoms with Gasteiger partial charge in [-0.25, -0.2) is 13.6 Å². The van der Waals surface area contributed by atoms with Gasteiger partial charge in [0.15, 0.2) is 0 Å².